The molecule has 3 aromatic rings. The minimum Gasteiger partial charge on any atom is -0.497 e. The van der Waals surface area contributed by atoms with Crippen molar-refractivity contribution in [1.29, 1.82) is 0 Å². The number of nitrogens with one attached hydrogen (secondary N) is 1. The maximum Gasteiger partial charge on any atom is 0.416 e. The Morgan fingerprint density at radius 2 is 1.67 bits per heavy atom. The number of alkyl halides is 3. The molecule has 0 bridgehead atoms. The van der Waals surface area contributed by atoms with Gasteiger partial charge in [-0.2, -0.15) is 13.2 Å². The summed E-state index contributed by atoms with van der Waals surface area (Å²) < 4.78 is 57.0. The molecule has 0 radical (unpaired) electrons. The molecular weight excluding hydrogens is 513 g/mol. The number of ether oxygens (including phenoxy) is 3. The maximum absolute atomic E-state index is 13.5. The Morgan fingerprint density at radius 3 is 2.33 bits per heavy atom. The van der Waals surface area contributed by atoms with E-state index in [9.17, 15) is 18.0 Å². The lowest BCUT2D eigenvalue weighted by molar-refractivity contribution is -0.137. The molecule has 1 atom stereocenters. The lowest BCUT2D eigenvalue weighted by Crippen LogP contribution is -2.56. The van der Waals surface area contributed by atoms with Gasteiger partial charge < -0.3 is 29.3 Å². The van der Waals surface area contributed by atoms with Crippen LogP contribution in [-0.2, 0) is 6.18 Å². The van der Waals surface area contributed by atoms with Crippen LogP contribution >= 0.6 is 0 Å². The predicted octanol–water partition coefficient (Wildman–Crippen LogP) is 6.14. The van der Waals surface area contributed by atoms with Crippen LogP contribution in [0.2, 0.25) is 0 Å². The SMILES string of the molecule is COc1ccc(NC(=O)N2CCN(C3=Nc4cc(C(F)(F)F)ccc4Oc4ccc(OC)cc43)C[C@@H]2C)cc1. The summed E-state index contributed by atoms with van der Waals surface area (Å²) in [5.41, 5.74) is 0.480. The van der Waals surface area contributed by atoms with Gasteiger partial charge in [-0.15, -0.1) is 0 Å². The second-order valence-corrected chi connectivity index (χ2v) is 9.23. The first kappa shape index (κ1) is 26.2. The molecule has 0 aromatic heterocycles. The van der Waals surface area contributed by atoms with Crippen LogP contribution in [-0.4, -0.2) is 61.6 Å². The lowest BCUT2D eigenvalue weighted by atomic mass is 10.1. The van der Waals surface area contributed by atoms with Gasteiger partial charge in [-0.1, -0.05) is 0 Å². The van der Waals surface area contributed by atoms with Gasteiger partial charge in [-0.25, -0.2) is 9.79 Å². The fraction of sp³-hybridized carbons (Fsp3) is 0.286. The van der Waals surface area contributed by atoms with Crippen molar-refractivity contribution >= 4 is 23.2 Å². The normalized spacial score (nSPS) is 16.8. The van der Waals surface area contributed by atoms with Crippen LogP contribution in [0.15, 0.2) is 65.7 Å². The molecule has 8 nitrogen and oxygen atoms in total. The summed E-state index contributed by atoms with van der Waals surface area (Å²) in [6.07, 6.45) is -4.52. The van der Waals surface area contributed by atoms with Crippen LogP contribution < -0.4 is 19.5 Å². The number of hydrogen-bond acceptors (Lipinski definition) is 6. The summed E-state index contributed by atoms with van der Waals surface area (Å²) in [5, 5.41) is 2.90. The van der Waals surface area contributed by atoms with Crippen LogP contribution in [0, 0.1) is 0 Å². The summed E-state index contributed by atoms with van der Waals surface area (Å²) in [6, 6.07) is 15.0. The Hall–Kier alpha value is -4.41. The van der Waals surface area contributed by atoms with E-state index in [-0.39, 0.29) is 23.5 Å². The highest BCUT2D eigenvalue weighted by Gasteiger charge is 2.34. The molecule has 0 unspecified atom stereocenters. The molecule has 5 rings (SSSR count). The fourth-order valence-corrected chi connectivity index (χ4v) is 4.62. The highest BCUT2D eigenvalue weighted by molar-refractivity contribution is 6.04. The number of fused-ring (bicyclic) bond motifs is 2. The molecule has 2 aliphatic heterocycles. The standard InChI is InChI=1S/C28H27F3N4O4/c1-17-16-34(12-13-35(17)27(36)32-19-5-7-20(37-2)8-6-19)26-22-15-21(38-3)9-11-24(22)39-25-10-4-18(28(29,30)31)14-23(25)33-26/h4-11,14-15,17H,12-13,16H2,1-3H3,(H,32,36)/t17-/m0/s1. The minimum absolute atomic E-state index is 0.0716. The molecule has 1 N–H and O–H groups in total. The number of rotatable bonds is 3. The number of piperazine rings is 1. The molecule has 204 valence electrons. The van der Waals surface area contributed by atoms with Gasteiger partial charge in [0.25, 0.3) is 0 Å². The number of urea groups is 1. The number of halogens is 3. The van der Waals surface area contributed by atoms with Crippen LogP contribution in [0.1, 0.15) is 18.1 Å². The average Bonchev–Trinajstić information content (AvgIpc) is 3.08. The van der Waals surface area contributed by atoms with E-state index in [0.717, 1.165) is 12.1 Å². The van der Waals surface area contributed by atoms with Crippen molar-refractivity contribution in [2.75, 3.05) is 39.2 Å². The third-order valence-corrected chi connectivity index (χ3v) is 6.69. The third kappa shape index (κ3) is 5.43. The smallest absolute Gasteiger partial charge is 0.416 e. The second kappa shape index (κ2) is 10.4. The van der Waals surface area contributed by atoms with E-state index in [2.05, 4.69) is 10.3 Å². The Bertz CT molecular complexity index is 1410. The number of carbonyl (C=O) groups is 1. The monoisotopic (exact) mass is 540 g/mol. The number of amidine groups is 1. The van der Waals surface area contributed by atoms with Crippen molar-refractivity contribution in [3.63, 3.8) is 0 Å². The zero-order chi connectivity index (χ0) is 27.7. The van der Waals surface area contributed by atoms with Gasteiger partial charge in [0.15, 0.2) is 5.75 Å². The molecule has 2 heterocycles. The van der Waals surface area contributed by atoms with E-state index in [1.807, 2.05) is 11.8 Å². The summed E-state index contributed by atoms with van der Waals surface area (Å²) >= 11 is 0. The number of anilines is 1. The van der Waals surface area contributed by atoms with Gasteiger partial charge in [-0.05, 0) is 67.6 Å². The molecular formula is C28H27F3N4O4. The highest BCUT2D eigenvalue weighted by atomic mass is 19.4. The van der Waals surface area contributed by atoms with Crippen molar-refractivity contribution in [2.45, 2.75) is 19.1 Å². The molecule has 39 heavy (non-hydrogen) atoms. The number of carbonyl (C=O) groups excluding carboxylic acids is 1. The number of hydrogen-bond donors (Lipinski definition) is 1. The Balaban J connectivity index is 1.43. The van der Waals surface area contributed by atoms with Crippen LogP contribution in [0.3, 0.4) is 0 Å². The topological polar surface area (TPSA) is 75.6 Å². The molecule has 1 fully saturated rings. The van der Waals surface area contributed by atoms with Gasteiger partial charge in [0.2, 0.25) is 0 Å². The van der Waals surface area contributed by atoms with Crippen molar-refractivity contribution < 1.29 is 32.2 Å². The van der Waals surface area contributed by atoms with Crippen molar-refractivity contribution in [3.05, 3.63) is 71.8 Å². The van der Waals surface area contributed by atoms with E-state index in [4.69, 9.17) is 14.2 Å². The van der Waals surface area contributed by atoms with E-state index < -0.39 is 11.7 Å². The van der Waals surface area contributed by atoms with E-state index in [0.29, 0.717) is 54.0 Å². The van der Waals surface area contributed by atoms with Crippen molar-refractivity contribution in [1.82, 2.24) is 9.80 Å². The van der Waals surface area contributed by atoms with E-state index in [1.54, 1.807) is 54.5 Å². The second-order valence-electron chi connectivity index (χ2n) is 9.23. The molecule has 0 spiro atoms. The van der Waals surface area contributed by atoms with Gasteiger partial charge in [0.1, 0.15) is 28.8 Å². The fourth-order valence-electron chi connectivity index (χ4n) is 4.62. The predicted molar refractivity (Wildman–Crippen MR) is 140 cm³/mol. The quantitative estimate of drug-likeness (QED) is 0.432. The summed E-state index contributed by atoms with van der Waals surface area (Å²) in [7, 11) is 3.10. The molecule has 2 aliphatic rings. The highest BCUT2D eigenvalue weighted by Crippen LogP contribution is 2.42. The van der Waals surface area contributed by atoms with E-state index in [1.165, 1.54) is 13.2 Å². The Labute approximate surface area is 223 Å². The molecule has 1 saturated heterocycles. The number of nitrogens with zero attached hydrogens (tertiary/aromatic N) is 3. The molecule has 0 saturated carbocycles. The van der Waals surface area contributed by atoms with Gasteiger partial charge >= 0.3 is 12.2 Å². The average molecular weight is 541 g/mol. The molecule has 0 aliphatic carbocycles. The molecule has 3 aromatic carbocycles. The largest absolute Gasteiger partial charge is 0.497 e. The van der Waals surface area contributed by atoms with Gasteiger partial charge in [-0.3, -0.25) is 0 Å². The van der Waals surface area contributed by atoms with Crippen molar-refractivity contribution in [2.24, 2.45) is 4.99 Å². The Morgan fingerprint density at radius 1 is 0.974 bits per heavy atom. The molecule has 2 amide bonds. The van der Waals surface area contributed by atoms with Gasteiger partial charge in [0.05, 0.1) is 25.3 Å². The first-order chi connectivity index (χ1) is 18.7. The molecule has 11 heteroatoms. The van der Waals surface area contributed by atoms with Crippen LogP contribution in [0.25, 0.3) is 0 Å². The van der Waals surface area contributed by atoms with Crippen molar-refractivity contribution in [3.8, 4) is 23.0 Å². The maximum atomic E-state index is 13.5. The van der Waals surface area contributed by atoms with Crippen LogP contribution in [0.5, 0.6) is 23.0 Å². The number of benzene rings is 3. The summed E-state index contributed by atoms with van der Waals surface area (Å²) in [4.78, 5) is 21.4. The van der Waals surface area contributed by atoms with E-state index >= 15 is 0 Å². The summed E-state index contributed by atoms with van der Waals surface area (Å²) in [5.74, 6) is 2.35. The number of amides is 2. The van der Waals surface area contributed by atoms with Gasteiger partial charge in [0, 0.05) is 31.4 Å². The first-order valence-corrected chi connectivity index (χ1v) is 12.3. The lowest BCUT2D eigenvalue weighted by Gasteiger charge is -2.41. The minimum atomic E-state index is -4.52. The zero-order valence-corrected chi connectivity index (χ0v) is 21.6. The number of methoxy groups -OCH3 is 2. The Kier molecular flexibility index (Phi) is 6.98. The summed E-state index contributed by atoms with van der Waals surface area (Å²) in [6.45, 7) is 3.09. The van der Waals surface area contributed by atoms with Crippen LogP contribution in [0.4, 0.5) is 29.3 Å². The first-order valence-electron chi connectivity index (χ1n) is 12.3. The number of aliphatic imine (C=N–C) groups is 1. The zero-order valence-electron chi connectivity index (χ0n) is 21.6. The third-order valence-electron chi connectivity index (χ3n) is 6.69.